The smallest absolute Gasteiger partial charge is 0.320 e. The molecular formula is C23H27F2N7O3. The van der Waals surface area contributed by atoms with Crippen molar-refractivity contribution in [1.82, 2.24) is 30.7 Å². The zero-order valence-corrected chi connectivity index (χ0v) is 19.2. The van der Waals surface area contributed by atoms with E-state index in [1.165, 1.54) is 12.3 Å². The zero-order chi connectivity index (χ0) is 24.8. The predicted octanol–water partition coefficient (Wildman–Crippen LogP) is 2.54. The third kappa shape index (κ3) is 6.49. The van der Waals surface area contributed by atoms with E-state index < -0.39 is 31.0 Å². The van der Waals surface area contributed by atoms with Crippen molar-refractivity contribution in [2.24, 2.45) is 0 Å². The molecule has 1 aliphatic heterocycles. The second-order valence-electron chi connectivity index (χ2n) is 8.35. The van der Waals surface area contributed by atoms with E-state index >= 15 is 0 Å². The molecular weight excluding hydrogens is 460 g/mol. The highest BCUT2D eigenvalue weighted by atomic mass is 19.3. The molecule has 0 bridgehead atoms. The number of rotatable bonds is 8. The molecule has 0 aliphatic carbocycles. The van der Waals surface area contributed by atoms with Crippen LogP contribution >= 0.6 is 0 Å². The van der Waals surface area contributed by atoms with E-state index in [1.807, 2.05) is 37.3 Å². The number of hydrogen-bond donors (Lipinski definition) is 4. The maximum absolute atomic E-state index is 14.3. The minimum Gasteiger partial charge on any atom is -0.379 e. The van der Waals surface area contributed by atoms with Crippen LogP contribution in [0.3, 0.4) is 0 Å². The number of pyridine rings is 1. The second kappa shape index (κ2) is 10.7. The van der Waals surface area contributed by atoms with Crippen molar-refractivity contribution in [2.45, 2.75) is 18.9 Å². The molecule has 186 valence electrons. The summed E-state index contributed by atoms with van der Waals surface area (Å²) in [6.07, 6.45) is 1.36. The largest absolute Gasteiger partial charge is 0.379 e. The van der Waals surface area contributed by atoms with Crippen molar-refractivity contribution in [3.05, 3.63) is 53.9 Å². The van der Waals surface area contributed by atoms with E-state index in [-0.39, 0.29) is 17.6 Å². The number of ether oxygens (including phenoxy) is 1. The van der Waals surface area contributed by atoms with E-state index in [1.54, 1.807) is 4.90 Å². The molecule has 1 aromatic carbocycles. The number of hydrogen-bond acceptors (Lipinski definition) is 6. The van der Waals surface area contributed by atoms with E-state index in [9.17, 15) is 18.4 Å². The van der Waals surface area contributed by atoms with Crippen LogP contribution in [0.1, 0.15) is 29.0 Å². The van der Waals surface area contributed by atoms with Gasteiger partial charge < -0.3 is 15.4 Å². The third-order valence-corrected chi connectivity index (χ3v) is 5.62. The van der Waals surface area contributed by atoms with Crippen LogP contribution in [-0.4, -0.2) is 77.3 Å². The summed E-state index contributed by atoms with van der Waals surface area (Å²) in [4.78, 5) is 30.6. The van der Waals surface area contributed by atoms with Crippen LogP contribution in [0, 0.1) is 0 Å². The van der Waals surface area contributed by atoms with Crippen LogP contribution < -0.4 is 16.0 Å². The maximum Gasteiger partial charge on any atom is 0.320 e. The number of nitrogens with zero attached hydrogens (tertiary/aromatic N) is 3. The highest BCUT2D eigenvalue weighted by Gasteiger charge is 2.33. The van der Waals surface area contributed by atoms with Gasteiger partial charge in [-0.05, 0) is 12.5 Å². The third-order valence-electron chi connectivity index (χ3n) is 5.62. The summed E-state index contributed by atoms with van der Waals surface area (Å²) in [5.74, 6) is -3.60. The molecule has 10 nitrogen and oxygen atoms in total. The summed E-state index contributed by atoms with van der Waals surface area (Å²) in [6, 6.07) is 10.3. The van der Waals surface area contributed by atoms with Gasteiger partial charge in [-0.2, -0.15) is 5.10 Å². The molecule has 0 radical (unpaired) electrons. The normalized spacial score (nSPS) is 15.5. The van der Waals surface area contributed by atoms with Crippen LogP contribution in [0.15, 0.2) is 42.6 Å². The van der Waals surface area contributed by atoms with Crippen LogP contribution in [0.5, 0.6) is 0 Å². The molecule has 12 heteroatoms. The lowest BCUT2D eigenvalue weighted by Crippen LogP contribution is -2.48. The highest BCUT2D eigenvalue weighted by molar-refractivity contribution is 6.05. The molecule has 35 heavy (non-hydrogen) atoms. The van der Waals surface area contributed by atoms with Crippen molar-refractivity contribution in [1.29, 1.82) is 0 Å². The van der Waals surface area contributed by atoms with Crippen LogP contribution in [0.2, 0.25) is 0 Å². The van der Waals surface area contributed by atoms with Crippen molar-refractivity contribution in [3.63, 3.8) is 0 Å². The van der Waals surface area contributed by atoms with E-state index in [4.69, 9.17) is 4.74 Å². The summed E-state index contributed by atoms with van der Waals surface area (Å²) in [5, 5.41) is 14.7. The average molecular weight is 488 g/mol. The Bertz CT molecular complexity index is 1170. The molecule has 3 amide bonds. The fraction of sp³-hybridized carbons (Fsp3) is 0.391. The molecule has 0 unspecified atom stereocenters. The topological polar surface area (TPSA) is 124 Å². The average Bonchev–Trinajstić information content (AvgIpc) is 3.27. The molecule has 0 saturated carbocycles. The van der Waals surface area contributed by atoms with Gasteiger partial charge in [0.15, 0.2) is 5.69 Å². The first-order valence-corrected chi connectivity index (χ1v) is 11.2. The molecule has 2 aromatic heterocycles. The molecule has 1 saturated heterocycles. The molecule has 4 N–H and O–H groups in total. The Hall–Kier alpha value is -3.64. The summed E-state index contributed by atoms with van der Waals surface area (Å²) in [5.41, 5.74) is 1.32. The van der Waals surface area contributed by atoms with Crippen molar-refractivity contribution >= 4 is 28.7 Å². The van der Waals surface area contributed by atoms with Gasteiger partial charge in [0.05, 0.1) is 43.2 Å². The Labute approximate surface area is 200 Å². The molecule has 0 spiro atoms. The number of aromatic amines is 1. The summed E-state index contributed by atoms with van der Waals surface area (Å²) < 4.78 is 33.8. The minimum absolute atomic E-state index is 0.0524. The minimum atomic E-state index is -3.10. The Kier molecular flexibility index (Phi) is 7.51. The van der Waals surface area contributed by atoms with Gasteiger partial charge in [-0.1, -0.05) is 30.3 Å². The number of fused-ring (bicyclic) bond motifs is 1. The van der Waals surface area contributed by atoms with Crippen LogP contribution in [0.4, 0.5) is 19.4 Å². The Morgan fingerprint density at radius 3 is 2.71 bits per heavy atom. The number of nitrogens with one attached hydrogen (secondary N) is 4. The van der Waals surface area contributed by atoms with Gasteiger partial charge in [0.1, 0.15) is 5.82 Å². The van der Waals surface area contributed by atoms with Crippen LogP contribution in [0.25, 0.3) is 10.9 Å². The number of H-pyrrole nitrogens is 1. The van der Waals surface area contributed by atoms with Crippen LogP contribution in [-0.2, 0) is 4.74 Å². The van der Waals surface area contributed by atoms with Crippen molar-refractivity contribution in [3.8, 4) is 0 Å². The Balaban J connectivity index is 1.33. The SMILES string of the molecule is C[C@@H](NC(=O)Nc1cc2[nH]nc(C(=O)NCC(F)(F)CN3CCOCC3)c2cn1)c1ccccc1. The lowest BCUT2D eigenvalue weighted by atomic mass is 10.1. The number of aromatic nitrogens is 3. The number of alkyl halides is 2. The van der Waals surface area contributed by atoms with Gasteiger partial charge in [0.2, 0.25) is 0 Å². The Morgan fingerprint density at radius 1 is 1.23 bits per heavy atom. The summed E-state index contributed by atoms with van der Waals surface area (Å²) in [6.45, 7) is 2.27. The first-order valence-electron chi connectivity index (χ1n) is 11.2. The summed E-state index contributed by atoms with van der Waals surface area (Å²) in [7, 11) is 0. The fourth-order valence-corrected chi connectivity index (χ4v) is 3.76. The number of carbonyl (C=O) groups is 2. The zero-order valence-electron chi connectivity index (χ0n) is 19.2. The second-order valence-corrected chi connectivity index (χ2v) is 8.35. The number of halogens is 2. The standard InChI is InChI=1S/C23H27F2N7O3/c1-15(16-5-3-2-4-6-16)28-22(34)29-19-11-18-17(12-26-19)20(31-30-18)21(33)27-13-23(24,25)14-32-7-9-35-10-8-32/h2-6,11-12,15H,7-10,13-14H2,1H3,(H,27,33)(H,30,31)(H2,26,28,29,34)/t15-/m1/s1. The number of amides is 3. The van der Waals surface area contributed by atoms with Crippen molar-refractivity contribution in [2.75, 3.05) is 44.7 Å². The number of morpholine rings is 1. The quantitative estimate of drug-likeness (QED) is 0.387. The summed E-state index contributed by atoms with van der Waals surface area (Å²) >= 11 is 0. The number of benzene rings is 1. The molecule has 4 rings (SSSR count). The number of carbonyl (C=O) groups excluding carboxylic acids is 2. The molecule has 1 aliphatic rings. The van der Waals surface area contributed by atoms with E-state index in [0.717, 1.165) is 5.56 Å². The van der Waals surface area contributed by atoms with E-state index in [0.29, 0.717) is 37.2 Å². The molecule has 1 fully saturated rings. The van der Waals surface area contributed by atoms with Gasteiger partial charge in [-0.15, -0.1) is 0 Å². The van der Waals surface area contributed by atoms with Gasteiger partial charge >= 0.3 is 6.03 Å². The highest BCUT2D eigenvalue weighted by Crippen LogP contribution is 2.20. The molecule has 1 atom stereocenters. The van der Waals surface area contributed by atoms with Gasteiger partial charge in [0, 0.05) is 25.4 Å². The maximum atomic E-state index is 14.3. The monoisotopic (exact) mass is 487 g/mol. The predicted molar refractivity (Wildman–Crippen MR) is 125 cm³/mol. The molecule has 3 aromatic rings. The lowest BCUT2D eigenvalue weighted by molar-refractivity contribution is -0.0543. The first kappa shape index (κ1) is 24.5. The van der Waals surface area contributed by atoms with Gasteiger partial charge in [0.25, 0.3) is 11.8 Å². The number of anilines is 1. The molecule has 3 heterocycles. The lowest BCUT2D eigenvalue weighted by Gasteiger charge is -2.30. The Morgan fingerprint density at radius 2 is 1.97 bits per heavy atom. The fourth-order valence-electron chi connectivity index (χ4n) is 3.76. The first-order chi connectivity index (χ1) is 16.8. The van der Waals surface area contributed by atoms with Gasteiger partial charge in [-0.3, -0.25) is 20.1 Å². The van der Waals surface area contributed by atoms with E-state index in [2.05, 4.69) is 31.1 Å². The van der Waals surface area contributed by atoms with Gasteiger partial charge in [-0.25, -0.2) is 18.6 Å². The number of urea groups is 1. The van der Waals surface area contributed by atoms with Crippen molar-refractivity contribution < 1.29 is 23.1 Å².